The summed E-state index contributed by atoms with van der Waals surface area (Å²) in [4.78, 5) is 13.3. The van der Waals surface area contributed by atoms with E-state index in [-0.39, 0.29) is 10.1 Å². The first kappa shape index (κ1) is 17.7. The molecular weight excluding hydrogens is 236 g/mol. The number of nitrogens with zero attached hydrogens (tertiary/aromatic N) is 1. The molecule has 8 heteroatoms. The van der Waals surface area contributed by atoms with E-state index in [0.717, 1.165) is 7.11 Å². The topological polar surface area (TPSA) is 102 Å². The zero-order valence-electron chi connectivity index (χ0n) is 10.1. The van der Waals surface area contributed by atoms with Crippen LogP contribution in [0.25, 0.3) is 0 Å². The summed E-state index contributed by atoms with van der Waals surface area (Å²) >= 11 is 0. The number of hydrogen-bond donors (Lipinski definition) is 1. The van der Waals surface area contributed by atoms with E-state index in [2.05, 4.69) is 9.57 Å². The maximum absolute atomic E-state index is 11.5. The van der Waals surface area contributed by atoms with Gasteiger partial charge in [-0.3, -0.25) is 0 Å². The highest BCUT2D eigenvalue weighted by Gasteiger charge is 2.34. The van der Waals surface area contributed by atoms with Crippen molar-refractivity contribution in [3.8, 4) is 0 Å². The second-order valence-corrected chi connectivity index (χ2v) is 4.67. The summed E-state index contributed by atoms with van der Waals surface area (Å²) in [6, 6.07) is 0. The van der Waals surface area contributed by atoms with Crippen molar-refractivity contribution in [3.63, 3.8) is 0 Å². The molecule has 0 amide bonds. The first-order valence-corrected chi connectivity index (χ1v) is 6.33. The molecule has 0 atom stereocenters. The second-order valence-electron chi connectivity index (χ2n) is 3.14. The third-order valence-electron chi connectivity index (χ3n) is 2.52. The van der Waals surface area contributed by atoms with Crippen molar-refractivity contribution in [2.75, 3.05) is 26.7 Å². The van der Waals surface area contributed by atoms with Crippen molar-refractivity contribution < 1.29 is 28.0 Å². The standard InChI is InChI=1S/C8H19N2O4S.H2O/c1-5-10(6-2,7-3)9-15(12,13)8(11)14-4;/h9H,5-7H2,1-4H3;1H2/q+1;/p-1. The van der Waals surface area contributed by atoms with Gasteiger partial charge in [0.1, 0.15) is 0 Å². The number of quaternary nitrogens is 1. The molecule has 0 aromatic rings. The molecule has 2 N–H and O–H groups in total. The molecule has 0 spiro atoms. The molecule has 0 bridgehead atoms. The maximum atomic E-state index is 11.5. The Labute approximate surface area is 96.3 Å². The molecule has 16 heavy (non-hydrogen) atoms. The van der Waals surface area contributed by atoms with Crippen LogP contribution in [0.1, 0.15) is 20.8 Å². The van der Waals surface area contributed by atoms with E-state index in [1.807, 2.05) is 20.8 Å². The Bertz CT molecular complexity index is 302. The molecule has 0 rings (SSSR count). The van der Waals surface area contributed by atoms with Gasteiger partial charge in [0.15, 0.2) is 0 Å². The van der Waals surface area contributed by atoms with Gasteiger partial charge in [-0.25, -0.2) is 9.39 Å². The molecular formula is C8H20N2O5S. The van der Waals surface area contributed by atoms with Crippen LogP contribution in [0.3, 0.4) is 0 Å². The van der Waals surface area contributed by atoms with Gasteiger partial charge in [0.05, 0.1) is 26.7 Å². The van der Waals surface area contributed by atoms with Gasteiger partial charge in [-0.2, -0.15) is 8.42 Å². The average Bonchev–Trinajstić information content (AvgIpc) is 2.24. The molecule has 0 radical (unpaired) electrons. The zero-order chi connectivity index (χ0) is 12.1. The van der Waals surface area contributed by atoms with Crippen LogP contribution in [0.5, 0.6) is 0 Å². The monoisotopic (exact) mass is 256 g/mol. The van der Waals surface area contributed by atoms with Crippen LogP contribution >= 0.6 is 0 Å². The minimum absolute atomic E-state index is 0. The summed E-state index contributed by atoms with van der Waals surface area (Å²) in [7, 11) is -3.00. The predicted octanol–water partition coefficient (Wildman–Crippen LogP) is 0.287. The lowest BCUT2D eigenvalue weighted by atomic mass is 10.5. The molecule has 98 valence electrons. The van der Waals surface area contributed by atoms with Gasteiger partial charge >= 0.3 is 15.3 Å². The molecule has 0 aliphatic carbocycles. The average molecular weight is 256 g/mol. The number of carbonyl (C=O) groups excluding carboxylic acids is 1. The minimum atomic E-state index is -4.04. The Hall–Kier alpha value is -0.700. The van der Waals surface area contributed by atoms with Crippen molar-refractivity contribution in [1.29, 1.82) is 0 Å². The number of nitrogens with one attached hydrogen (secondary N) is 1. The lowest BCUT2D eigenvalue weighted by Gasteiger charge is -2.33. The first-order chi connectivity index (χ1) is 6.87. The van der Waals surface area contributed by atoms with E-state index in [4.69, 9.17) is 0 Å². The molecule has 0 unspecified atom stereocenters. The molecule has 0 aromatic heterocycles. The SMILES string of the molecule is CC[N+](CC)(CC)NS(=O)(=O)C(=O)OC.[OH-]. The zero-order valence-corrected chi connectivity index (χ0v) is 10.9. The second kappa shape index (κ2) is 6.79. The minimum Gasteiger partial charge on any atom is -0.870 e. The molecule has 7 nitrogen and oxygen atoms in total. The number of rotatable bonds is 5. The van der Waals surface area contributed by atoms with Crippen molar-refractivity contribution in [3.05, 3.63) is 0 Å². The smallest absolute Gasteiger partial charge is 0.444 e. The van der Waals surface area contributed by atoms with E-state index in [1.54, 1.807) is 0 Å². The van der Waals surface area contributed by atoms with Gasteiger partial charge in [0, 0.05) is 0 Å². The van der Waals surface area contributed by atoms with Gasteiger partial charge in [0.2, 0.25) is 0 Å². The van der Waals surface area contributed by atoms with Crippen LogP contribution in [-0.4, -0.2) is 50.5 Å². The Morgan fingerprint density at radius 2 is 1.56 bits per heavy atom. The normalized spacial score (nSPS) is 11.8. The Kier molecular flexibility index (Phi) is 7.51. The lowest BCUT2D eigenvalue weighted by Crippen LogP contribution is -2.60. The van der Waals surface area contributed by atoms with Crippen LogP contribution in [-0.2, 0) is 14.8 Å². The molecule has 0 aliphatic rings. The van der Waals surface area contributed by atoms with Crippen LogP contribution in [0.15, 0.2) is 0 Å². The van der Waals surface area contributed by atoms with Crippen LogP contribution in [0.4, 0.5) is 4.79 Å². The molecule has 0 fully saturated rings. The van der Waals surface area contributed by atoms with Gasteiger partial charge < -0.3 is 10.2 Å². The van der Waals surface area contributed by atoms with Gasteiger partial charge in [-0.1, -0.05) is 0 Å². The van der Waals surface area contributed by atoms with E-state index >= 15 is 0 Å². The van der Waals surface area contributed by atoms with E-state index in [0.29, 0.717) is 19.6 Å². The van der Waals surface area contributed by atoms with E-state index in [9.17, 15) is 13.2 Å². The Morgan fingerprint density at radius 1 is 1.19 bits per heavy atom. The Balaban J connectivity index is 0. The van der Waals surface area contributed by atoms with Gasteiger partial charge in [-0.15, -0.1) is 0 Å². The summed E-state index contributed by atoms with van der Waals surface area (Å²) < 4.78 is 27.2. The fourth-order valence-corrected chi connectivity index (χ4v) is 2.46. The third-order valence-corrected chi connectivity index (χ3v) is 3.75. The van der Waals surface area contributed by atoms with E-state index < -0.39 is 15.3 Å². The summed E-state index contributed by atoms with van der Waals surface area (Å²) in [5.74, 6) is 0. The number of carbonyl (C=O) groups is 1. The van der Waals surface area contributed by atoms with Gasteiger partial charge in [-0.05, 0) is 25.6 Å². The maximum Gasteiger partial charge on any atom is 0.444 e. The fraction of sp³-hybridized carbons (Fsp3) is 0.875. The lowest BCUT2D eigenvalue weighted by molar-refractivity contribution is -0.951. The van der Waals surface area contributed by atoms with Crippen LogP contribution < -0.4 is 4.83 Å². The van der Waals surface area contributed by atoms with Gasteiger partial charge in [0.25, 0.3) is 0 Å². The third kappa shape index (κ3) is 4.05. The Morgan fingerprint density at radius 3 is 1.81 bits per heavy atom. The van der Waals surface area contributed by atoms with Crippen molar-refractivity contribution in [2.45, 2.75) is 20.8 Å². The molecule has 0 saturated carbocycles. The number of hydrogen-bond acceptors (Lipinski definition) is 5. The predicted molar refractivity (Wildman–Crippen MR) is 58.3 cm³/mol. The van der Waals surface area contributed by atoms with E-state index in [1.165, 1.54) is 0 Å². The van der Waals surface area contributed by atoms with Crippen molar-refractivity contribution >= 4 is 15.3 Å². The first-order valence-electron chi connectivity index (χ1n) is 4.85. The number of sulfonamides is 1. The van der Waals surface area contributed by atoms with Crippen molar-refractivity contribution in [2.24, 2.45) is 0 Å². The largest absolute Gasteiger partial charge is 0.870 e. The highest BCUT2D eigenvalue weighted by atomic mass is 32.2. The van der Waals surface area contributed by atoms with Crippen LogP contribution in [0.2, 0.25) is 0 Å². The summed E-state index contributed by atoms with van der Waals surface area (Å²) in [6.07, 6.45) is 0. The summed E-state index contributed by atoms with van der Waals surface area (Å²) in [5.41, 5.74) is 0. The number of methoxy groups -OCH3 is 1. The number of ether oxygens (including phenoxy) is 1. The molecule has 0 aromatic carbocycles. The summed E-state index contributed by atoms with van der Waals surface area (Å²) in [6.45, 7) is 7.28. The summed E-state index contributed by atoms with van der Waals surface area (Å²) in [5, 5.41) is -1.25. The highest BCUT2D eigenvalue weighted by Crippen LogP contribution is 2.04. The van der Waals surface area contributed by atoms with Crippen molar-refractivity contribution in [1.82, 2.24) is 4.83 Å². The molecule has 0 heterocycles. The van der Waals surface area contributed by atoms with Crippen LogP contribution in [0, 0.1) is 0 Å². The molecule has 0 saturated heterocycles. The molecule has 0 aliphatic heterocycles. The highest BCUT2D eigenvalue weighted by molar-refractivity contribution is 8.03. The quantitative estimate of drug-likeness (QED) is 0.432. The fourth-order valence-electron chi connectivity index (χ4n) is 1.27.